The molecule has 2 rings (SSSR count). The molecule has 0 saturated carbocycles. The Balaban J connectivity index is 2.13. The van der Waals surface area contributed by atoms with Crippen molar-refractivity contribution in [3.05, 3.63) is 46.7 Å². The molecule has 100 valence electrons. The number of hydrogen-bond donors (Lipinski definition) is 0. The largest absolute Gasteiger partial charge is 0.451 e. The van der Waals surface area contributed by atoms with Crippen molar-refractivity contribution in [3.63, 3.8) is 0 Å². The fraction of sp³-hybridized carbons (Fsp3) is 0.357. The summed E-state index contributed by atoms with van der Waals surface area (Å²) in [6.45, 7) is 4.18. The summed E-state index contributed by atoms with van der Waals surface area (Å²) < 4.78 is 5.53. The lowest BCUT2D eigenvalue weighted by Gasteiger charge is -2.18. The monoisotopic (exact) mass is 276 g/mol. The number of pyridine rings is 1. The number of carbonyl (C=O) groups excluding carboxylic acids is 1. The Kier molecular flexibility index (Phi) is 4.63. The summed E-state index contributed by atoms with van der Waals surface area (Å²) >= 11 is 1.38. The molecule has 2 aromatic heterocycles. The minimum Gasteiger partial charge on any atom is -0.451 e. The van der Waals surface area contributed by atoms with Gasteiger partial charge in [0.1, 0.15) is 6.10 Å². The van der Waals surface area contributed by atoms with Crippen LogP contribution in [0.2, 0.25) is 0 Å². The number of thiazole rings is 1. The van der Waals surface area contributed by atoms with Crippen LogP contribution in [0.4, 0.5) is 0 Å². The van der Waals surface area contributed by atoms with E-state index in [1.165, 1.54) is 11.3 Å². The van der Waals surface area contributed by atoms with Crippen molar-refractivity contribution < 1.29 is 9.53 Å². The Morgan fingerprint density at radius 3 is 2.79 bits per heavy atom. The molecule has 0 amide bonds. The molecule has 0 aromatic carbocycles. The van der Waals surface area contributed by atoms with Crippen LogP contribution in [0, 0.1) is 5.92 Å². The number of carbonyl (C=O) groups is 1. The highest BCUT2D eigenvalue weighted by Gasteiger charge is 2.21. The molecule has 19 heavy (non-hydrogen) atoms. The van der Waals surface area contributed by atoms with Gasteiger partial charge in [0.05, 0.1) is 11.2 Å². The molecular weight excluding hydrogens is 260 g/mol. The quantitative estimate of drug-likeness (QED) is 0.784. The molecular formula is C14H16N2O2S. The zero-order valence-corrected chi connectivity index (χ0v) is 11.8. The van der Waals surface area contributed by atoms with Crippen molar-refractivity contribution in [2.75, 3.05) is 0 Å². The van der Waals surface area contributed by atoms with Crippen molar-refractivity contribution in [1.29, 1.82) is 0 Å². The van der Waals surface area contributed by atoms with Crippen LogP contribution in [0.3, 0.4) is 0 Å². The first-order valence-corrected chi connectivity index (χ1v) is 7.11. The second-order valence-electron chi connectivity index (χ2n) is 4.65. The van der Waals surface area contributed by atoms with E-state index in [-0.39, 0.29) is 6.10 Å². The molecule has 1 atom stereocenters. The van der Waals surface area contributed by atoms with E-state index in [9.17, 15) is 4.79 Å². The average Bonchev–Trinajstić information content (AvgIpc) is 2.92. The van der Waals surface area contributed by atoms with Gasteiger partial charge in [-0.2, -0.15) is 0 Å². The lowest BCUT2D eigenvalue weighted by Crippen LogP contribution is -2.15. The summed E-state index contributed by atoms with van der Waals surface area (Å²) in [5, 5.41) is 1.69. The number of hydrogen-bond acceptors (Lipinski definition) is 5. The van der Waals surface area contributed by atoms with Crippen LogP contribution in [0.25, 0.3) is 0 Å². The van der Waals surface area contributed by atoms with Crippen LogP contribution in [-0.2, 0) is 4.74 Å². The molecule has 0 fully saturated rings. The SMILES string of the molecule is CC(C)CC(OC(=O)c1cscn1)c1ccccn1. The second kappa shape index (κ2) is 6.43. The minimum atomic E-state index is -0.391. The first-order valence-electron chi connectivity index (χ1n) is 6.17. The van der Waals surface area contributed by atoms with E-state index in [0.29, 0.717) is 11.6 Å². The fourth-order valence-electron chi connectivity index (χ4n) is 1.73. The number of esters is 1. The van der Waals surface area contributed by atoms with E-state index in [4.69, 9.17) is 4.74 Å². The van der Waals surface area contributed by atoms with Gasteiger partial charge in [0, 0.05) is 11.6 Å². The van der Waals surface area contributed by atoms with Gasteiger partial charge in [0.15, 0.2) is 5.69 Å². The topological polar surface area (TPSA) is 52.1 Å². The first kappa shape index (κ1) is 13.7. The van der Waals surface area contributed by atoms with Crippen molar-refractivity contribution in [3.8, 4) is 0 Å². The van der Waals surface area contributed by atoms with Crippen LogP contribution >= 0.6 is 11.3 Å². The van der Waals surface area contributed by atoms with Gasteiger partial charge in [0.2, 0.25) is 0 Å². The predicted octanol–water partition coefficient (Wildman–Crippen LogP) is 3.48. The van der Waals surface area contributed by atoms with Gasteiger partial charge >= 0.3 is 5.97 Å². The van der Waals surface area contributed by atoms with Gasteiger partial charge in [-0.3, -0.25) is 4.98 Å². The zero-order valence-electron chi connectivity index (χ0n) is 10.9. The number of rotatable bonds is 5. The van der Waals surface area contributed by atoms with E-state index in [1.807, 2.05) is 18.2 Å². The van der Waals surface area contributed by atoms with Gasteiger partial charge in [-0.15, -0.1) is 11.3 Å². The number of ether oxygens (including phenoxy) is 1. The molecule has 0 radical (unpaired) electrons. The third-order valence-electron chi connectivity index (χ3n) is 2.59. The smallest absolute Gasteiger partial charge is 0.358 e. The highest BCUT2D eigenvalue weighted by atomic mass is 32.1. The molecule has 4 nitrogen and oxygen atoms in total. The molecule has 2 heterocycles. The van der Waals surface area contributed by atoms with E-state index in [1.54, 1.807) is 17.1 Å². The van der Waals surface area contributed by atoms with Crippen molar-refractivity contribution >= 4 is 17.3 Å². The van der Waals surface area contributed by atoms with Crippen LogP contribution < -0.4 is 0 Å². The van der Waals surface area contributed by atoms with Crippen molar-refractivity contribution in [2.24, 2.45) is 5.92 Å². The zero-order chi connectivity index (χ0) is 13.7. The molecule has 0 N–H and O–H groups in total. The predicted molar refractivity (Wildman–Crippen MR) is 74.0 cm³/mol. The standard InChI is InChI=1S/C14H16N2O2S/c1-10(2)7-13(11-5-3-4-6-15-11)18-14(17)12-8-19-9-16-12/h3-6,8-10,13H,7H2,1-2H3. The lowest BCUT2D eigenvalue weighted by molar-refractivity contribution is 0.0231. The van der Waals surface area contributed by atoms with E-state index < -0.39 is 5.97 Å². The van der Waals surface area contributed by atoms with Crippen LogP contribution in [0.15, 0.2) is 35.3 Å². The molecule has 0 aliphatic rings. The summed E-state index contributed by atoms with van der Waals surface area (Å²) in [6.07, 6.45) is 2.13. The maximum Gasteiger partial charge on any atom is 0.358 e. The Bertz CT molecular complexity index is 512. The minimum absolute atomic E-state index is 0.324. The first-order chi connectivity index (χ1) is 9.16. The maximum atomic E-state index is 12.0. The summed E-state index contributed by atoms with van der Waals surface area (Å²) in [4.78, 5) is 20.2. The molecule has 2 aromatic rings. The Hall–Kier alpha value is -1.75. The lowest BCUT2D eigenvalue weighted by atomic mass is 10.0. The number of nitrogens with zero attached hydrogens (tertiary/aromatic N) is 2. The van der Waals surface area contributed by atoms with Gasteiger partial charge < -0.3 is 4.74 Å². The number of aromatic nitrogens is 2. The van der Waals surface area contributed by atoms with Crippen LogP contribution in [-0.4, -0.2) is 15.9 Å². The normalized spacial score (nSPS) is 12.4. The maximum absolute atomic E-state index is 12.0. The third-order valence-corrected chi connectivity index (χ3v) is 3.18. The molecule has 0 spiro atoms. The summed E-state index contributed by atoms with van der Waals surface area (Å²) in [6, 6.07) is 5.62. The van der Waals surface area contributed by atoms with Crippen LogP contribution in [0.5, 0.6) is 0 Å². The van der Waals surface area contributed by atoms with E-state index >= 15 is 0 Å². The summed E-state index contributed by atoms with van der Waals surface area (Å²) in [7, 11) is 0. The van der Waals surface area contributed by atoms with E-state index in [0.717, 1.165) is 12.1 Å². The van der Waals surface area contributed by atoms with Crippen molar-refractivity contribution in [1.82, 2.24) is 9.97 Å². The summed E-state index contributed by atoms with van der Waals surface area (Å²) in [5.41, 5.74) is 2.75. The Morgan fingerprint density at radius 1 is 1.37 bits per heavy atom. The average molecular weight is 276 g/mol. The highest BCUT2D eigenvalue weighted by molar-refractivity contribution is 7.07. The van der Waals surface area contributed by atoms with E-state index in [2.05, 4.69) is 23.8 Å². The molecule has 5 heteroatoms. The highest BCUT2D eigenvalue weighted by Crippen LogP contribution is 2.24. The van der Waals surface area contributed by atoms with Gasteiger partial charge in [-0.05, 0) is 24.5 Å². The van der Waals surface area contributed by atoms with Gasteiger partial charge in [0.25, 0.3) is 0 Å². The molecule has 0 aliphatic carbocycles. The molecule has 1 unspecified atom stereocenters. The van der Waals surface area contributed by atoms with Crippen LogP contribution in [0.1, 0.15) is 42.6 Å². The Labute approximate surface area is 116 Å². The Morgan fingerprint density at radius 2 is 2.21 bits per heavy atom. The van der Waals surface area contributed by atoms with Gasteiger partial charge in [-0.25, -0.2) is 9.78 Å². The molecule has 0 saturated heterocycles. The second-order valence-corrected chi connectivity index (χ2v) is 5.37. The molecule has 0 bridgehead atoms. The summed E-state index contributed by atoms with van der Waals surface area (Å²) in [5.74, 6) is 0.0211. The fourth-order valence-corrected chi connectivity index (χ4v) is 2.25. The van der Waals surface area contributed by atoms with Gasteiger partial charge in [-0.1, -0.05) is 19.9 Å². The van der Waals surface area contributed by atoms with Crippen molar-refractivity contribution in [2.45, 2.75) is 26.4 Å². The molecule has 0 aliphatic heterocycles. The third kappa shape index (κ3) is 3.86.